The zero-order valence-electron chi connectivity index (χ0n) is 16.2. The third kappa shape index (κ3) is 6.73. The second-order valence-corrected chi connectivity index (χ2v) is 7.43. The highest BCUT2D eigenvalue weighted by Crippen LogP contribution is 2.15. The van der Waals surface area contributed by atoms with Crippen molar-refractivity contribution >= 4 is 34.0 Å². The summed E-state index contributed by atoms with van der Waals surface area (Å²) in [5.74, 6) is 0.570. The summed E-state index contributed by atoms with van der Waals surface area (Å²) in [7, 11) is 0. The minimum absolute atomic E-state index is 0.0551. The molecule has 0 aliphatic heterocycles. The maximum absolute atomic E-state index is 12.1. The molecule has 0 saturated heterocycles. The number of ether oxygens (including phenoxy) is 1. The highest BCUT2D eigenvalue weighted by atomic mass is 32.1. The molecule has 0 bridgehead atoms. The summed E-state index contributed by atoms with van der Waals surface area (Å²) >= 11 is 1.36. The smallest absolute Gasteiger partial charge is 0.257 e. The van der Waals surface area contributed by atoms with E-state index in [4.69, 9.17) is 4.74 Å². The first kappa shape index (κ1) is 20.5. The standard InChI is InChI=1S/C22H23N3O3S/c1-16-5-4-6-19(15-16)28-13-3-2-7-20(26)24-18-10-8-17(9-11-18)21(27)25-22-23-12-14-29-22/h4-6,8-12,14-15H,2-3,7,13H2,1H3,(H,24,26)(H,23,25,27). The van der Waals surface area contributed by atoms with Gasteiger partial charge in [0, 0.05) is 29.2 Å². The molecule has 3 aromatic rings. The second-order valence-electron chi connectivity index (χ2n) is 6.54. The summed E-state index contributed by atoms with van der Waals surface area (Å²) in [5, 5.41) is 7.92. The minimum Gasteiger partial charge on any atom is -0.494 e. The summed E-state index contributed by atoms with van der Waals surface area (Å²) in [6.45, 7) is 2.61. The first-order valence-electron chi connectivity index (χ1n) is 9.40. The Morgan fingerprint density at radius 3 is 2.62 bits per heavy atom. The van der Waals surface area contributed by atoms with Crippen LogP contribution in [-0.4, -0.2) is 23.4 Å². The molecule has 0 spiro atoms. The topological polar surface area (TPSA) is 80.3 Å². The second kappa shape index (κ2) is 10.4. The van der Waals surface area contributed by atoms with Crippen molar-refractivity contribution < 1.29 is 14.3 Å². The molecule has 6 nitrogen and oxygen atoms in total. The van der Waals surface area contributed by atoms with E-state index in [2.05, 4.69) is 15.6 Å². The number of amides is 2. The minimum atomic E-state index is -0.230. The SMILES string of the molecule is Cc1cccc(OCCCCC(=O)Nc2ccc(C(=O)Nc3nccs3)cc2)c1. The Morgan fingerprint density at radius 1 is 1.07 bits per heavy atom. The molecule has 1 aromatic heterocycles. The Kier molecular flexibility index (Phi) is 7.35. The summed E-state index contributed by atoms with van der Waals surface area (Å²) in [4.78, 5) is 28.2. The lowest BCUT2D eigenvalue weighted by Gasteiger charge is -2.08. The van der Waals surface area contributed by atoms with Crippen LogP contribution in [0.5, 0.6) is 5.75 Å². The quantitative estimate of drug-likeness (QED) is 0.493. The predicted molar refractivity (Wildman–Crippen MR) is 116 cm³/mol. The van der Waals surface area contributed by atoms with Crippen LogP contribution in [-0.2, 0) is 4.79 Å². The average Bonchev–Trinajstić information content (AvgIpc) is 3.21. The first-order chi connectivity index (χ1) is 14.1. The Morgan fingerprint density at radius 2 is 1.90 bits per heavy atom. The lowest BCUT2D eigenvalue weighted by molar-refractivity contribution is -0.116. The van der Waals surface area contributed by atoms with Gasteiger partial charge in [-0.2, -0.15) is 0 Å². The number of nitrogens with zero attached hydrogens (tertiary/aromatic N) is 1. The van der Waals surface area contributed by atoms with Gasteiger partial charge in [0.1, 0.15) is 5.75 Å². The number of anilines is 2. The Balaban J connectivity index is 1.36. The molecule has 29 heavy (non-hydrogen) atoms. The molecule has 2 amide bonds. The molecule has 3 rings (SSSR count). The number of benzene rings is 2. The van der Waals surface area contributed by atoms with E-state index in [-0.39, 0.29) is 11.8 Å². The molecule has 2 N–H and O–H groups in total. The van der Waals surface area contributed by atoms with E-state index >= 15 is 0 Å². The van der Waals surface area contributed by atoms with Gasteiger partial charge in [-0.3, -0.25) is 14.9 Å². The van der Waals surface area contributed by atoms with Gasteiger partial charge in [0.2, 0.25) is 5.91 Å². The number of carbonyl (C=O) groups is 2. The van der Waals surface area contributed by atoms with Crippen LogP contribution in [0.4, 0.5) is 10.8 Å². The van der Waals surface area contributed by atoms with Crippen LogP contribution in [0.3, 0.4) is 0 Å². The molecule has 0 fully saturated rings. The van der Waals surface area contributed by atoms with Crippen molar-refractivity contribution in [3.8, 4) is 5.75 Å². The lowest BCUT2D eigenvalue weighted by Crippen LogP contribution is -2.13. The van der Waals surface area contributed by atoms with Gasteiger partial charge in [0.15, 0.2) is 5.13 Å². The fourth-order valence-corrected chi connectivity index (χ4v) is 3.19. The molecule has 0 saturated carbocycles. The fraction of sp³-hybridized carbons (Fsp3) is 0.227. The molecule has 7 heteroatoms. The van der Waals surface area contributed by atoms with E-state index in [1.54, 1.807) is 35.8 Å². The predicted octanol–water partition coefficient (Wildman–Crippen LogP) is 4.89. The van der Waals surface area contributed by atoms with Crippen molar-refractivity contribution in [2.45, 2.75) is 26.2 Å². The number of hydrogen-bond acceptors (Lipinski definition) is 5. The van der Waals surface area contributed by atoms with Crippen LogP contribution in [0.2, 0.25) is 0 Å². The Hall–Kier alpha value is -3.19. The van der Waals surface area contributed by atoms with Crippen LogP contribution in [0.25, 0.3) is 0 Å². The molecule has 0 atom stereocenters. The molecule has 0 aliphatic carbocycles. The lowest BCUT2D eigenvalue weighted by atomic mass is 10.2. The van der Waals surface area contributed by atoms with Crippen molar-refractivity contribution in [1.82, 2.24) is 4.98 Å². The summed E-state index contributed by atoms with van der Waals surface area (Å²) in [6.07, 6.45) is 3.60. The molecular weight excluding hydrogens is 386 g/mol. The average molecular weight is 410 g/mol. The third-order valence-electron chi connectivity index (χ3n) is 4.14. The van der Waals surface area contributed by atoms with Gasteiger partial charge in [-0.05, 0) is 61.7 Å². The maximum Gasteiger partial charge on any atom is 0.257 e. The molecule has 1 heterocycles. The fourth-order valence-electron chi connectivity index (χ4n) is 2.67. The number of aryl methyl sites for hydroxylation is 1. The Labute approximate surface area is 173 Å². The number of rotatable bonds is 9. The van der Waals surface area contributed by atoms with Gasteiger partial charge in [-0.15, -0.1) is 11.3 Å². The van der Waals surface area contributed by atoms with Crippen LogP contribution in [0.1, 0.15) is 35.2 Å². The number of unbranched alkanes of at least 4 members (excludes halogenated alkanes) is 1. The zero-order valence-corrected chi connectivity index (χ0v) is 17.0. The van der Waals surface area contributed by atoms with E-state index in [0.717, 1.165) is 24.2 Å². The molecule has 0 radical (unpaired) electrons. The van der Waals surface area contributed by atoms with Crippen molar-refractivity contribution in [3.63, 3.8) is 0 Å². The Bertz CT molecular complexity index is 940. The molecule has 2 aromatic carbocycles. The van der Waals surface area contributed by atoms with Crippen molar-refractivity contribution in [3.05, 3.63) is 71.2 Å². The van der Waals surface area contributed by atoms with E-state index < -0.39 is 0 Å². The zero-order chi connectivity index (χ0) is 20.5. The molecule has 0 aliphatic rings. The van der Waals surface area contributed by atoms with Gasteiger partial charge in [0.05, 0.1) is 6.61 Å². The van der Waals surface area contributed by atoms with Crippen LogP contribution >= 0.6 is 11.3 Å². The number of thiazole rings is 1. The summed E-state index contributed by atoms with van der Waals surface area (Å²) in [6, 6.07) is 14.7. The highest BCUT2D eigenvalue weighted by molar-refractivity contribution is 7.13. The largest absolute Gasteiger partial charge is 0.494 e. The maximum atomic E-state index is 12.1. The normalized spacial score (nSPS) is 10.4. The van der Waals surface area contributed by atoms with Gasteiger partial charge >= 0.3 is 0 Å². The van der Waals surface area contributed by atoms with E-state index in [9.17, 15) is 9.59 Å². The number of carbonyl (C=O) groups excluding carboxylic acids is 2. The van der Waals surface area contributed by atoms with Gasteiger partial charge in [-0.1, -0.05) is 12.1 Å². The van der Waals surface area contributed by atoms with Gasteiger partial charge in [0.25, 0.3) is 5.91 Å². The number of hydrogen-bond donors (Lipinski definition) is 2. The molecule has 0 unspecified atom stereocenters. The van der Waals surface area contributed by atoms with Crippen molar-refractivity contribution in [2.75, 3.05) is 17.2 Å². The van der Waals surface area contributed by atoms with Crippen molar-refractivity contribution in [2.24, 2.45) is 0 Å². The van der Waals surface area contributed by atoms with Crippen LogP contribution in [0, 0.1) is 6.92 Å². The number of aromatic nitrogens is 1. The van der Waals surface area contributed by atoms with Crippen LogP contribution < -0.4 is 15.4 Å². The highest BCUT2D eigenvalue weighted by Gasteiger charge is 2.08. The van der Waals surface area contributed by atoms with E-state index in [1.807, 2.05) is 31.2 Å². The summed E-state index contributed by atoms with van der Waals surface area (Å²) < 4.78 is 5.69. The van der Waals surface area contributed by atoms with Crippen LogP contribution in [0.15, 0.2) is 60.1 Å². The first-order valence-corrected chi connectivity index (χ1v) is 10.3. The number of nitrogens with one attached hydrogen (secondary N) is 2. The molecular formula is C22H23N3O3S. The van der Waals surface area contributed by atoms with E-state index in [1.165, 1.54) is 11.3 Å². The monoisotopic (exact) mass is 409 g/mol. The van der Waals surface area contributed by atoms with Gasteiger partial charge < -0.3 is 10.1 Å². The van der Waals surface area contributed by atoms with E-state index in [0.29, 0.717) is 29.4 Å². The third-order valence-corrected chi connectivity index (χ3v) is 4.83. The molecule has 150 valence electrons. The summed E-state index contributed by atoms with van der Waals surface area (Å²) in [5.41, 5.74) is 2.33. The van der Waals surface area contributed by atoms with Crippen molar-refractivity contribution in [1.29, 1.82) is 0 Å². The van der Waals surface area contributed by atoms with Gasteiger partial charge in [-0.25, -0.2) is 4.98 Å².